The number of amides is 2. The lowest BCUT2D eigenvalue weighted by atomic mass is 10.2. The van der Waals surface area contributed by atoms with Gasteiger partial charge in [0, 0.05) is 26.1 Å². The zero-order valence-corrected chi connectivity index (χ0v) is 15.3. The largest absolute Gasteiger partial charge is 0.497 e. The van der Waals surface area contributed by atoms with Gasteiger partial charge in [0.25, 0.3) is 0 Å². The first-order valence-electron chi connectivity index (χ1n) is 8.26. The first-order valence-corrected chi connectivity index (χ1v) is 8.26. The smallest absolute Gasteiger partial charge is 0.242 e. The molecule has 0 unspecified atom stereocenters. The Morgan fingerprint density at radius 2 is 1.67 bits per heavy atom. The number of carbonyl (C=O) groups excluding carboxylic acids is 2. The van der Waals surface area contributed by atoms with Gasteiger partial charge in [-0.2, -0.15) is 0 Å². The highest BCUT2D eigenvalue weighted by molar-refractivity contribution is 5.98. The number of ether oxygens (including phenoxy) is 2. The fourth-order valence-electron chi connectivity index (χ4n) is 2.51. The fraction of sp³-hybridized carbons (Fsp3) is 0.556. The summed E-state index contributed by atoms with van der Waals surface area (Å²) in [7, 11) is 3.09. The number of nitrogens with zero attached hydrogens (tertiary/aromatic N) is 2. The topological polar surface area (TPSA) is 59.1 Å². The van der Waals surface area contributed by atoms with Crippen molar-refractivity contribution in [2.45, 2.75) is 33.6 Å². The maximum atomic E-state index is 12.6. The number of carbonyl (C=O) groups is 2. The second-order valence-electron chi connectivity index (χ2n) is 5.52. The van der Waals surface area contributed by atoms with E-state index in [1.165, 1.54) is 18.9 Å². The van der Waals surface area contributed by atoms with Crippen molar-refractivity contribution in [1.29, 1.82) is 0 Å². The number of rotatable bonds is 9. The lowest BCUT2D eigenvalue weighted by Gasteiger charge is -2.27. The van der Waals surface area contributed by atoms with Crippen molar-refractivity contribution in [3.05, 3.63) is 18.2 Å². The van der Waals surface area contributed by atoms with Crippen molar-refractivity contribution < 1.29 is 19.1 Å². The first kappa shape index (κ1) is 19.8. The van der Waals surface area contributed by atoms with Gasteiger partial charge in [0.15, 0.2) is 0 Å². The Morgan fingerprint density at radius 1 is 1.04 bits per heavy atom. The van der Waals surface area contributed by atoms with Crippen molar-refractivity contribution in [2.75, 3.05) is 38.8 Å². The summed E-state index contributed by atoms with van der Waals surface area (Å²) >= 11 is 0. The van der Waals surface area contributed by atoms with Gasteiger partial charge in [0.05, 0.1) is 19.9 Å². The normalized spacial score (nSPS) is 10.2. The minimum absolute atomic E-state index is 0.0150. The Labute approximate surface area is 144 Å². The SMILES string of the molecule is CCCN(CCC)C(=O)CN(C(C)=O)c1cc(OC)ccc1OC. The van der Waals surface area contributed by atoms with E-state index >= 15 is 0 Å². The lowest BCUT2D eigenvalue weighted by Crippen LogP contribution is -2.43. The predicted molar refractivity (Wildman–Crippen MR) is 94.7 cm³/mol. The molecule has 0 saturated carbocycles. The molecule has 0 atom stereocenters. The van der Waals surface area contributed by atoms with Crippen LogP contribution in [0.1, 0.15) is 33.6 Å². The van der Waals surface area contributed by atoms with Gasteiger partial charge < -0.3 is 14.4 Å². The van der Waals surface area contributed by atoms with Gasteiger partial charge in [0.2, 0.25) is 11.8 Å². The summed E-state index contributed by atoms with van der Waals surface area (Å²) in [4.78, 5) is 28.0. The molecule has 6 heteroatoms. The molecule has 0 fully saturated rings. The van der Waals surface area contributed by atoms with Crippen LogP contribution < -0.4 is 14.4 Å². The monoisotopic (exact) mass is 336 g/mol. The van der Waals surface area contributed by atoms with Crippen LogP contribution in [-0.2, 0) is 9.59 Å². The lowest BCUT2D eigenvalue weighted by molar-refractivity contribution is -0.131. The molecule has 1 rings (SSSR count). The van der Waals surface area contributed by atoms with Crippen molar-refractivity contribution in [1.82, 2.24) is 4.90 Å². The summed E-state index contributed by atoms with van der Waals surface area (Å²) in [5.74, 6) is 0.835. The molecule has 0 aliphatic rings. The van der Waals surface area contributed by atoms with Gasteiger partial charge in [-0.25, -0.2) is 0 Å². The molecule has 0 spiro atoms. The van der Waals surface area contributed by atoms with Gasteiger partial charge in [-0.05, 0) is 25.0 Å². The average molecular weight is 336 g/mol. The number of hydrogen-bond acceptors (Lipinski definition) is 4. The average Bonchev–Trinajstić information content (AvgIpc) is 2.58. The summed E-state index contributed by atoms with van der Waals surface area (Å²) in [5.41, 5.74) is 0.533. The summed E-state index contributed by atoms with van der Waals surface area (Å²) in [6, 6.07) is 5.19. The van der Waals surface area contributed by atoms with Gasteiger partial charge >= 0.3 is 0 Å². The molecule has 6 nitrogen and oxygen atoms in total. The molecule has 0 radical (unpaired) electrons. The minimum atomic E-state index is -0.220. The number of methoxy groups -OCH3 is 2. The Balaban J connectivity index is 3.11. The van der Waals surface area contributed by atoms with Crippen LogP contribution in [0, 0.1) is 0 Å². The van der Waals surface area contributed by atoms with E-state index in [2.05, 4.69) is 0 Å². The van der Waals surface area contributed by atoms with E-state index in [9.17, 15) is 9.59 Å². The second kappa shape index (κ2) is 9.80. The van der Waals surface area contributed by atoms with Crippen LogP contribution in [0.4, 0.5) is 5.69 Å². The molecular weight excluding hydrogens is 308 g/mol. The molecule has 0 bridgehead atoms. The van der Waals surface area contributed by atoms with Crippen molar-refractivity contribution in [2.24, 2.45) is 0 Å². The maximum Gasteiger partial charge on any atom is 0.242 e. The van der Waals surface area contributed by atoms with E-state index in [1.54, 1.807) is 30.2 Å². The fourth-order valence-corrected chi connectivity index (χ4v) is 2.51. The predicted octanol–water partition coefficient (Wildman–Crippen LogP) is 2.71. The van der Waals surface area contributed by atoms with Crippen LogP contribution in [0.2, 0.25) is 0 Å². The van der Waals surface area contributed by atoms with Crippen molar-refractivity contribution in [3.8, 4) is 11.5 Å². The summed E-state index contributed by atoms with van der Waals surface area (Å²) in [6.45, 7) is 6.86. The molecule has 134 valence electrons. The van der Waals surface area contributed by atoms with Gasteiger partial charge in [-0.3, -0.25) is 14.5 Å². The third-order valence-electron chi connectivity index (χ3n) is 3.69. The highest BCUT2D eigenvalue weighted by atomic mass is 16.5. The van der Waals surface area contributed by atoms with Crippen LogP contribution >= 0.6 is 0 Å². The van der Waals surface area contributed by atoms with Crippen LogP contribution in [0.3, 0.4) is 0 Å². The molecule has 0 N–H and O–H groups in total. The van der Waals surface area contributed by atoms with E-state index in [-0.39, 0.29) is 18.4 Å². The van der Waals surface area contributed by atoms with E-state index in [1.807, 2.05) is 13.8 Å². The molecule has 1 aromatic carbocycles. The molecular formula is C18H28N2O4. The quantitative estimate of drug-likeness (QED) is 0.696. The third kappa shape index (κ3) is 5.15. The van der Waals surface area contributed by atoms with Crippen LogP contribution in [0.15, 0.2) is 18.2 Å². The van der Waals surface area contributed by atoms with Gasteiger partial charge in [-0.15, -0.1) is 0 Å². The standard InChI is InChI=1S/C18H28N2O4/c1-6-10-19(11-7-2)18(22)13-20(14(3)21)16-12-15(23-4)8-9-17(16)24-5/h8-9,12H,6-7,10-11,13H2,1-5H3. The molecule has 0 saturated heterocycles. The molecule has 0 aliphatic heterocycles. The van der Waals surface area contributed by atoms with Gasteiger partial charge in [0.1, 0.15) is 18.0 Å². The van der Waals surface area contributed by atoms with Gasteiger partial charge in [-0.1, -0.05) is 13.8 Å². The van der Waals surface area contributed by atoms with E-state index in [0.717, 1.165) is 12.8 Å². The van der Waals surface area contributed by atoms with Crippen LogP contribution in [-0.4, -0.2) is 50.6 Å². The highest BCUT2D eigenvalue weighted by Crippen LogP contribution is 2.32. The number of anilines is 1. The first-order chi connectivity index (χ1) is 11.5. The zero-order chi connectivity index (χ0) is 18.1. The summed E-state index contributed by atoms with van der Waals surface area (Å²) in [5, 5.41) is 0. The molecule has 2 amide bonds. The Hall–Kier alpha value is -2.24. The van der Waals surface area contributed by atoms with Crippen molar-refractivity contribution >= 4 is 17.5 Å². The van der Waals surface area contributed by atoms with E-state index in [0.29, 0.717) is 30.3 Å². The van der Waals surface area contributed by atoms with Crippen molar-refractivity contribution in [3.63, 3.8) is 0 Å². The third-order valence-corrected chi connectivity index (χ3v) is 3.69. The highest BCUT2D eigenvalue weighted by Gasteiger charge is 2.22. The zero-order valence-electron chi connectivity index (χ0n) is 15.3. The van der Waals surface area contributed by atoms with E-state index in [4.69, 9.17) is 9.47 Å². The molecule has 0 aromatic heterocycles. The molecule has 0 aliphatic carbocycles. The summed E-state index contributed by atoms with van der Waals surface area (Å²) < 4.78 is 10.6. The minimum Gasteiger partial charge on any atom is -0.497 e. The Morgan fingerprint density at radius 3 is 2.12 bits per heavy atom. The molecule has 24 heavy (non-hydrogen) atoms. The van der Waals surface area contributed by atoms with Crippen LogP contribution in [0.25, 0.3) is 0 Å². The second-order valence-corrected chi connectivity index (χ2v) is 5.52. The Bertz CT molecular complexity index is 554. The Kier molecular flexibility index (Phi) is 8.09. The maximum absolute atomic E-state index is 12.6. The number of hydrogen-bond donors (Lipinski definition) is 0. The molecule has 1 aromatic rings. The summed E-state index contributed by atoms with van der Waals surface area (Å²) in [6.07, 6.45) is 1.77. The van der Waals surface area contributed by atoms with Crippen LogP contribution in [0.5, 0.6) is 11.5 Å². The van der Waals surface area contributed by atoms with E-state index < -0.39 is 0 Å². The molecule has 0 heterocycles. The number of benzene rings is 1.